The smallest absolute Gasteiger partial charge is 0.312 e. The molecule has 2 fully saturated rings. The van der Waals surface area contributed by atoms with Crippen molar-refractivity contribution >= 4 is 88.0 Å². The lowest BCUT2D eigenvalue weighted by Gasteiger charge is -2.36. The molecule has 2 aliphatic rings. The van der Waals surface area contributed by atoms with E-state index in [4.69, 9.17) is 18.9 Å². The van der Waals surface area contributed by atoms with Crippen molar-refractivity contribution in [3.63, 3.8) is 0 Å². The highest BCUT2D eigenvalue weighted by atomic mass is 32.1. The molecule has 458 valence electrons. The molecule has 0 spiro atoms. The predicted octanol–water partition coefficient (Wildman–Crippen LogP) is 17.5. The van der Waals surface area contributed by atoms with Gasteiger partial charge in [0.25, 0.3) is 0 Å². The van der Waals surface area contributed by atoms with Crippen LogP contribution in [0.3, 0.4) is 0 Å². The first-order chi connectivity index (χ1) is 42.5. The Morgan fingerprint density at radius 2 is 0.767 bits per heavy atom. The van der Waals surface area contributed by atoms with Gasteiger partial charge in [0.15, 0.2) is 0 Å². The van der Waals surface area contributed by atoms with Crippen molar-refractivity contribution in [2.45, 2.75) is 154 Å². The molecular formula is C72H92N6O6S2. The normalized spacial score (nSPS) is 14.2. The van der Waals surface area contributed by atoms with Crippen molar-refractivity contribution in [3.05, 3.63) is 120 Å². The van der Waals surface area contributed by atoms with Gasteiger partial charge in [0.05, 0.1) is 24.2 Å². The lowest BCUT2D eigenvalue weighted by molar-refractivity contribution is -0.135. The van der Waals surface area contributed by atoms with Gasteiger partial charge in [-0.05, 0) is 135 Å². The summed E-state index contributed by atoms with van der Waals surface area (Å²) < 4.78 is 26.3. The Bertz CT molecular complexity index is 3110. The van der Waals surface area contributed by atoms with Crippen LogP contribution in [0.15, 0.2) is 120 Å². The number of nitrogens with zero attached hydrogens (tertiary/aromatic N) is 6. The van der Waals surface area contributed by atoms with Crippen molar-refractivity contribution < 1.29 is 28.5 Å². The van der Waals surface area contributed by atoms with E-state index in [1.807, 2.05) is 71.2 Å². The zero-order valence-electron chi connectivity index (χ0n) is 51.0. The quantitative estimate of drug-likeness (QED) is 0.0273. The Morgan fingerprint density at radius 3 is 1.16 bits per heavy atom. The maximum atomic E-state index is 12.7. The van der Waals surface area contributed by atoms with E-state index in [2.05, 4.69) is 88.9 Å². The minimum Gasteiger partial charge on any atom is -0.494 e. The SMILES string of the molecule is O=C(CCCCCCCCCCCCCCCCCCCCC(=O)Oc1ccc2ccc(OCCCCN3CCN(c4cccc5sccc45)CC3)cc2n1)Oc1ccc2ccc(OCCCCN3CCN(c4cccc5sccc45)CC3)cc2n1. The second-order valence-corrected chi connectivity index (χ2v) is 25.7. The first-order valence-corrected chi connectivity index (χ1v) is 34.6. The summed E-state index contributed by atoms with van der Waals surface area (Å²) in [7, 11) is 0. The number of piperazine rings is 2. The molecule has 12 nitrogen and oxygen atoms in total. The molecule has 2 saturated heterocycles. The summed E-state index contributed by atoms with van der Waals surface area (Å²) in [5, 5.41) is 9.13. The van der Waals surface area contributed by atoms with E-state index in [9.17, 15) is 9.59 Å². The van der Waals surface area contributed by atoms with Crippen LogP contribution in [0.25, 0.3) is 42.0 Å². The third-order valence-corrected chi connectivity index (χ3v) is 19.1. The summed E-state index contributed by atoms with van der Waals surface area (Å²) in [6.07, 6.45) is 26.8. The molecule has 4 aromatic heterocycles. The molecule has 8 aromatic rings. The topological polar surface area (TPSA) is 110 Å². The highest BCUT2D eigenvalue weighted by Crippen LogP contribution is 2.33. The number of aromatic nitrogens is 2. The maximum Gasteiger partial charge on any atom is 0.312 e. The van der Waals surface area contributed by atoms with E-state index in [1.54, 1.807) is 12.1 Å². The van der Waals surface area contributed by atoms with E-state index in [0.717, 1.165) is 150 Å². The van der Waals surface area contributed by atoms with Gasteiger partial charge >= 0.3 is 11.9 Å². The van der Waals surface area contributed by atoms with Gasteiger partial charge in [-0.15, -0.1) is 22.7 Å². The maximum absolute atomic E-state index is 12.7. The van der Waals surface area contributed by atoms with Crippen LogP contribution in [0.5, 0.6) is 23.3 Å². The van der Waals surface area contributed by atoms with E-state index in [0.29, 0.717) is 37.8 Å². The predicted molar refractivity (Wildman–Crippen MR) is 358 cm³/mol. The number of unbranched alkanes of at least 4 members (excludes halogenated alkanes) is 19. The highest BCUT2D eigenvalue weighted by Gasteiger charge is 2.21. The molecular weight excluding hydrogens is 1110 g/mol. The van der Waals surface area contributed by atoms with Crippen molar-refractivity contribution in [1.82, 2.24) is 19.8 Å². The number of thiophene rings is 2. The summed E-state index contributed by atoms with van der Waals surface area (Å²) in [5.74, 6) is 1.87. The first kappa shape index (κ1) is 62.7. The summed E-state index contributed by atoms with van der Waals surface area (Å²) in [6.45, 7) is 12.1. The zero-order valence-corrected chi connectivity index (χ0v) is 52.6. The third kappa shape index (κ3) is 19.6. The number of ether oxygens (including phenoxy) is 4. The monoisotopic (exact) mass is 1200 g/mol. The number of carbonyl (C=O) groups is 2. The molecule has 4 aromatic carbocycles. The number of anilines is 2. The first-order valence-electron chi connectivity index (χ1n) is 32.8. The fraction of sp³-hybridized carbons (Fsp3) is 0.500. The summed E-state index contributed by atoms with van der Waals surface area (Å²) in [6, 6.07) is 37.3. The highest BCUT2D eigenvalue weighted by molar-refractivity contribution is 7.17. The van der Waals surface area contributed by atoms with Crippen molar-refractivity contribution in [3.8, 4) is 23.3 Å². The fourth-order valence-electron chi connectivity index (χ4n) is 12.3. The fourth-order valence-corrected chi connectivity index (χ4v) is 14.0. The van der Waals surface area contributed by atoms with Gasteiger partial charge in [0, 0.05) is 132 Å². The van der Waals surface area contributed by atoms with Crippen LogP contribution in [0.4, 0.5) is 11.4 Å². The number of fused-ring (bicyclic) bond motifs is 4. The van der Waals surface area contributed by atoms with E-state index in [-0.39, 0.29) is 11.9 Å². The molecule has 0 bridgehead atoms. The second kappa shape index (κ2) is 34.3. The Labute approximate surface area is 519 Å². The van der Waals surface area contributed by atoms with Crippen LogP contribution < -0.4 is 28.7 Å². The van der Waals surface area contributed by atoms with Crippen LogP contribution in [0.2, 0.25) is 0 Å². The van der Waals surface area contributed by atoms with Crippen molar-refractivity contribution in [2.24, 2.45) is 0 Å². The molecule has 0 radical (unpaired) electrons. The lowest BCUT2D eigenvalue weighted by Crippen LogP contribution is -2.46. The number of rotatable bonds is 37. The van der Waals surface area contributed by atoms with E-state index < -0.39 is 0 Å². The number of esters is 2. The van der Waals surface area contributed by atoms with E-state index in [1.165, 1.54) is 121 Å². The van der Waals surface area contributed by atoms with Gasteiger partial charge < -0.3 is 28.7 Å². The van der Waals surface area contributed by atoms with Gasteiger partial charge in [-0.2, -0.15) is 0 Å². The summed E-state index contributed by atoms with van der Waals surface area (Å²) >= 11 is 3.63. The Hall–Kier alpha value is -6.32. The number of hydrogen-bond acceptors (Lipinski definition) is 14. The lowest BCUT2D eigenvalue weighted by atomic mass is 10.0. The molecule has 0 saturated carbocycles. The molecule has 2 aliphatic heterocycles. The molecule has 0 atom stereocenters. The third-order valence-electron chi connectivity index (χ3n) is 17.4. The molecule has 86 heavy (non-hydrogen) atoms. The molecule has 0 unspecified atom stereocenters. The Balaban J connectivity index is 0.473. The molecule has 14 heteroatoms. The summed E-state index contributed by atoms with van der Waals surface area (Å²) in [5.41, 5.74) is 4.29. The average molecular weight is 1200 g/mol. The number of benzene rings is 4. The van der Waals surface area contributed by atoms with Gasteiger partial charge in [-0.25, -0.2) is 9.97 Å². The zero-order chi connectivity index (χ0) is 58.8. The van der Waals surface area contributed by atoms with Crippen LogP contribution in [0.1, 0.15) is 154 Å². The number of hydrogen-bond donors (Lipinski definition) is 0. The minimum absolute atomic E-state index is 0.212. The number of pyridine rings is 2. The molecule has 0 N–H and O–H groups in total. The minimum atomic E-state index is -0.212. The van der Waals surface area contributed by atoms with Gasteiger partial charge in [0.2, 0.25) is 11.8 Å². The Morgan fingerprint density at radius 1 is 0.395 bits per heavy atom. The molecule has 6 heterocycles. The van der Waals surface area contributed by atoms with Crippen molar-refractivity contribution in [1.29, 1.82) is 0 Å². The second-order valence-electron chi connectivity index (χ2n) is 23.8. The molecule has 0 aliphatic carbocycles. The van der Waals surface area contributed by atoms with E-state index >= 15 is 0 Å². The molecule has 0 amide bonds. The van der Waals surface area contributed by atoms with Gasteiger partial charge in [-0.1, -0.05) is 115 Å². The van der Waals surface area contributed by atoms with Gasteiger partial charge in [0.1, 0.15) is 11.5 Å². The van der Waals surface area contributed by atoms with Gasteiger partial charge in [-0.3, -0.25) is 19.4 Å². The summed E-state index contributed by atoms with van der Waals surface area (Å²) in [4.78, 5) is 44.9. The van der Waals surface area contributed by atoms with Crippen LogP contribution >= 0.6 is 22.7 Å². The van der Waals surface area contributed by atoms with Crippen molar-refractivity contribution in [2.75, 3.05) is 88.5 Å². The number of carbonyl (C=O) groups excluding carboxylic acids is 2. The molecule has 10 rings (SSSR count). The van der Waals surface area contributed by atoms with Crippen LogP contribution in [0, 0.1) is 0 Å². The average Bonchev–Trinajstić information content (AvgIpc) is 3.35. The Kier molecular flexibility index (Phi) is 25.0. The largest absolute Gasteiger partial charge is 0.494 e. The van der Waals surface area contributed by atoms with Crippen LogP contribution in [-0.2, 0) is 9.59 Å². The van der Waals surface area contributed by atoms with Crippen LogP contribution in [-0.4, -0.2) is 110 Å². The standard InChI is InChI=1S/C72H92N6O6S2/c79-71(83-69-37-33-57-31-35-59(55-63(57)73-69)81-51-21-19-41-75-43-47-77(48-44-75)65-25-23-27-67-61(65)39-53-85-67)29-17-15-13-11-9-7-5-3-1-2-4-6-8-10-12-14-16-18-30-72(80)84-70-38-34-58-32-36-60(56-64(58)74-70)82-52-22-20-42-76-45-49-78(50-46-76)66-26-24-28-68-62(66)40-54-86-68/h23-28,31-40,53-56H,1-22,29-30,41-52H2.